The minimum atomic E-state index is -0.533. The van der Waals surface area contributed by atoms with Gasteiger partial charge in [0.15, 0.2) is 6.10 Å². The van der Waals surface area contributed by atoms with Gasteiger partial charge in [-0.3, -0.25) is 9.59 Å². The SMILES string of the molecule is COc1ccc2cc(C(=O)Nc3ccc4c(c3)NC(=O)[C@@H](C)O4)ccc2c1. The zero-order valence-electron chi connectivity index (χ0n) is 14.9. The quantitative estimate of drug-likeness (QED) is 0.743. The smallest absolute Gasteiger partial charge is 0.265 e. The lowest BCUT2D eigenvalue weighted by molar-refractivity contribution is -0.122. The molecule has 0 fully saturated rings. The number of carbonyl (C=O) groups excluding carboxylic acids is 2. The van der Waals surface area contributed by atoms with E-state index in [9.17, 15) is 9.59 Å². The number of methoxy groups -OCH3 is 1. The van der Waals surface area contributed by atoms with Gasteiger partial charge < -0.3 is 20.1 Å². The molecule has 0 unspecified atom stereocenters. The molecule has 1 atom stereocenters. The lowest BCUT2D eigenvalue weighted by Crippen LogP contribution is -2.34. The summed E-state index contributed by atoms with van der Waals surface area (Å²) in [4.78, 5) is 24.4. The van der Waals surface area contributed by atoms with Crippen molar-refractivity contribution in [3.63, 3.8) is 0 Å². The third-order valence-corrected chi connectivity index (χ3v) is 4.48. The average molecular weight is 362 g/mol. The van der Waals surface area contributed by atoms with Gasteiger partial charge in [0.05, 0.1) is 12.8 Å². The number of ether oxygens (including phenoxy) is 2. The zero-order valence-corrected chi connectivity index (χ0v) is 14.9. The molecule has 1 aliphatic rings. The summed E-state index contributed by atoms with van der Waals surface area (Å²) in [6.45, 7) is 1.68. The van der Waals surface area contributed by atoms with Gasteiger partial charge in [0, 0.05) is 11.3 Å². The molecule has 2 amide bonds. The van der Waals surface area contributed by atoms with Crippen molar-refractivity contribution in [1.82, 2.24) is 0 Å². The highest BCUT2D eigenvalue weighted by atomic mass is 16.5. The Morgan fingerprint density at radius 1 is 1.07 bits per heavy atom. The average Bonchev–Trinajstić information content (AvgIpc) is 2.68. The molecular weight excluding hydrogens is 344 g/mol. The van der Waals surface area contributed by atoms with Crippen LogP contribution in [0.1, 0.15) is 17.3 Å². The fourth-order valence-corrected chi connectivity index (χ4v) is 2.98. The van der Waals surface area contributed by atoms with E-state index in [1.165, 1.54) is 0 Å². The molecule has 0 saturated carbocycles. The van der Waals surface area contributed by atoms with E-state index in [1.54, 1.807) is 38.3 Å². The molecule has 0 saturated heterocycles. The maximum absolute atomic E-state index is 12.6. The lowest BCUT2D eigenvalue weighted by Gasteiger charge is -2.23. The molecule has 0 spiro atoms. The first kappa shape index (κ1) is 16.9. The van der Waals surface area contributed by atoms with Crippen LogP contribution in [0.2, 0.25) is 0 Å². The van der Waals surface area contributed by atoms with E-state index in [4.69, 9.17) is 9.47 Å². The van der Waals surface area contributed by atoms with Crippen LogP contribution in [-0.4, -0.2) is 25.0 Å². The molecule has 4 rings (SSSR count). The summed E-state index contributed by atoms with van der Waals surface area (Å²) < 4.78 is 10.7. The van der Waals surface area contributed by atoms with Gasteiger partial charge in [-0.15, -0.1) is 0 Å². The van der Waals surface area contributed by atoms with Gasteiger partial charge >= 0.3 is 0 Å². The third-order valence-electron chi connectivity index (χ3n) is 4.48. The van der Waals surface area contributed by atoms with Crippen molar-refractivity contribution in [1.29, 1.82) is 0 Å². The highest BCUT2D eigenvalue weighted by Crippen LogP contribution is 2.32. The first-order chi connectivity index (χ1) is 13.0. The predicted molar refractivity (Wildman–Crippen MR) is 104 cm³/mol. The van der Waals surface area contributed by atoms with Crippen molar-refractivity contribution in [2.24, 2.45) is 0 Å². The number of hydrogen-bond donors (Lipinski definition) is 2. The molecule has 3 aromatic carbocycles. The first-order valence-electron chi connectivity index (χ1n) is 8.54. The molecule has 27 heavy (non-hydrogen) atoms. The number of carbonyl (C=O) groups is 2. The Hall–Kier alpha value is -3.54. The van der Waals surface area contributed by atoms with Crippen LogP contribution in [0, 0.1) is 0 Å². The molecule has 6 heteroatoms. The largest absolute Gasteiger partial charge is 0.497 e. The Labute approximate surface area is 156 Å². The Morgan fingerprint density at radius 3 is 2.67 bits per heavy atom. The van der Waals surface area contributed by atoms with Crippen molar-refractivity contribution in [2.45, 2.75) is 13.0 Å². The molecule has 3 aromatic rings. The minimum Gasteiger partial charge on any atom is -0.497 e. The summed E-state index contributed by atoms with van der Waals surface area (Å²) >= 11 is 0. The van der Waals surface area contributed by atoms with Crippen molar-refractivity contribution >= 4 is 34.0 Å². The van der Waals surface area contributed by atoms with Crippen molar-refractivity contribution < 1.29 is 19.1 Å². The van der Waals surface area contributed by atoms with Crippen LogP contribution in [0.15, 0.2) is 54.6 Å². The molecule has 6 nitrogen and oxygen atoms in total. The standard InChI is InChI=1S/C21H18N2O4/c1-12-20(24)23-18-11-16(6-8-19(18)27-12)22-21(25)15-4-3-14-10-17(26-2)7-5-13(14)9-15/h3-12H,1-2H3,(H,22,25)(H,23,24)/t12-/m1/s1. The number of anilines is 2. The van der Waals surface area contributed by atoms with E-state index in [2.05, 4.69) is 10.6 Å². The lowest BCUT2D eigenvalue weighted by atomic mass is 10.1. The van der Waals surface area contributed by atoms with Gasteiger partial charge in [0.1, 0.15) is 11.5 Å². The Bertz CT molecular complexity index is 1060. The first-order valence-corrected chi connectivity index (χ1v) is 8.54. The number of hydrogen-bond acceptors (Lipinski definition) is 4. The van der Waals surface area contributed by atoms with Gasteiger partial charge in [-0.1, -0.05) is 12.1 Å². The number of rotatable bonds is 3. The third kappa shape index (κ3) is 3.29. The van der Waals surface area contributed by atoms with Gasteiger partial charge in [-0.2, -0.15) is 0 Å². The summed E-state index contributed by atoms with van der Waals surface area (Å²) in [7, 11) is 1.62. The highest BCUT2D eigenvalue weighted by Gasteiger charge is 2.23. The Morgan fingerprint density at radius 2 is 1.85 bits per heavy atom. The summed E-state index contributed by atoms with van der Waals surface area (Å²) in [6.07, 6.45) is -0.533. The summed E-state index contributed by atoms with van der Waals surface area (Å²) in [5, 5.41) is 7.56. The summed E-state index contributed by atoms with van der Waals surface area (Å²) in [5.41, 5.74) is 1.66. The topological polar surface area (TPSA) is 76.7 Å². The van der Waals surface area contributed by atoms with Crippen molar-refractivity contribution in [3.8, 4) is 11.5 Å². The van der Waals surface area contributed by atoms with E-state index in [0.29, 0.717) is 22.7 Å². The molecule has 0 bridgehead atoms. The number of fused-ring (bicyclic) bond motifs is 2. The van der Waals surface area contributed by atoms with Gasteiger partial charge in [-0.05, 0) is 60.2 Å². The minimum absolute atomic E-state index is 0.212. The maximum Gasteiger partial charge on any atom is 0.265 e. The predicted octanol–water partition coefficient (Wildman–Crippen LogP) is 3.82. The molecule has 0 radical (unpaired) electrons. The van der Waals surface area contributed by atoms with Crippen LogP contribution < -0.4 is 20.1 Å². The molecule has 0 aromatic heterocycles. The molecule has 1 aliphatic heterocycles. The number of nitrogens with one attached hydrogen (secondary N) is 2. The number of amides is 2. The second-order valence-corrected chi connectivity index (χ2v) is 6.34. The van der Waals surface area contributed by atoms with Crippen molar-refractivity contribution in [2.75, 3.05) is 17.7 Å². The van der Waals surface area contributed by atoms with Gasteiger partial charge in [0.2, 0.25) is 0 Å². The monoisotopic (exact) mass is 362 g/mol. The van der Waals surface area contributed by atoms with Crippen molar-refractivity contribution in [3.05, 3.63) is 60.2 Å². The molecule has 136 valence electrons. The molecule has 1 heterocycles. The second kappa shape index (κ2) is 6.64. The van der Waals surface area contributed by atoms with Crippen LogP contribution in [0.4, 0.5) is 11.4 Å². The normalized spacial score (nSPS) is 15.5. The summed E-state index contributed by atoms with van der Waals surface area (Å²) in [6, 6.07) is 16.3. The van der Waals surface area contributed by atoms with Crippen LogP contribution in [-0.2, 0) is 4.79 Å². The molecule has 2 N–H and O–H groups in total. The maximum atomic E-state index is 12.6. The van der Waals surface area contributed by atoms with Gasteiger partial charge in [-0.25, -0.2) is 0 Å². The van der Waals surface area contributed by atoms with E-state index in [1.807, 2.05) is 30.3 Å². The van der Waals surface area contributed by atoms with Crippen LogP contribution in [0.3, 0.4) is 0 Å². The van der Waals surface area contributed by atoms with Gasteiger partial charge in [0.25, 0.3) is 11.8 Å². The van der Waals surface area contributed by atoms with E-state index >= 15 is 0 Å². The van der Waals surface area contributed by atoms with E-state index < -0.39 is 6.10 Å². The zero-order chi connectivity index (χ0) is 19.0. The van der Waals surface area contributed by atoms with Crippen LogP contribution in [0.5, 0.6) is 11.5 Å². The Kier molecular flexibility index (Phi) is 4.16. The molecule has 0 aliphatic carbocycles. The summed E-state index contributed by atoms with van der Waals surface area (Å²) in [5.74, 6) is 0.909. The molecular formula is C21H18N2O4. The number of benzene rings is 3. The fraction of sp³-hybridized carbons (Fsp3) is 0.143. The van der Waals surface area contributed by atoms with E-state index in [0.717, 1.165) is 16.5 Å². The Balaban J connectivity index is 1.56. The second-order valence-electron chi connectivity index (χ2n) is 6.34. The highest BCUT2D eigenvalue weighted by molar-refractivity contribution is 6.07. The van der Waals surface area contributed by atoms with Crippen LogP contribution in [0.25, 0.3) is 10.8 Å². The van der Waals surface area contributed by atoms with E-state index in [-0.39, 0.29) is 11.8 Å². The van der Waals surface area contributed by atoms with Crippen LogP contribution >= 0.6 is 0 Å². The fourth-order valence-electron chi connectivity index (χ4n) is 2.98.